The summed E-state index contributed by atoms with van der Waals surface area (Å²) in [4.78, 5) is 14.9. The van der Waals surface area contributed by atoms with Gasteiger partial charge in [-0.1, -0.05) is 29.4 Å². The number of nitrogens with zero attached hydrogens (tertiary/aromatic N) is 4. The van der Waals surface area contributed by atoms with Crippen molar-refractivity contribution >= 4 is 5.91 Å². The van der Waals surface area contributed by atoms with Crippen LogP contribution in [0.5, 0.6) is 0 Å². The Morgan fingerprint density at radius 1 is 1.27 bits per heavy atom. The first kappa shape index (κ1) is 15.4. The van der Waals surface area contributed by atoms with Crippen LogP contribution in [0, 0.1) is 0 Å². The van der Waals surface area contributed by atoms with E-state index in [1.807, 2.05) is 36.5 Å². The molecule has 1 atom stereocenters. The molecule has 6 nitrogen and oxygen atoms in total. The zero-order valence-corrected chi connectivity index (χ0v) is 14.6. The van der Waals surface area contributed by atoms with Gasteiger partial charge < -0.3 is 9.42 Å². The van der Waals surface area contributed by atoms with E-state index in [4.69, 9.17) is 4.52 Å². The van der Waals surface area contributed by atoms with Crippen molar-refractivity contribution in [2.24, 2.45) is 7.05 Å². The lowest BCUT2D eigenvalue weighted by atomic mass is 9.86. The molecule has 5 rings (SSSR count). The van der Waals surface area contributed by atoms with Crippen molar-refractivity contribution in [2.45, 2.75) is 31.2 Å². The summed E-state index contributed by atoms with van der Waals surface area (Å²) in [5.74, 6) is 1.35. The molecule has 1 amide bonds. The number of amides is 1. The van der Waals surface area contributed by atoms with Gasteiger partial charge in [-0.2, -0.15) is 5.10 Å². The highest BCUT2D eigenvalue weighted by Gasteiger charge is 2.33. The average Bonchev–Trinajstić information content (AvgIpc) is 3.23. The Hall–Kier alpha value is -2.89. The number of carbonyl (C=O) groups excluding carboxylic acids is 1. The standard InChI is InChI=1S/C20H20N4O2/c1-23-10-15(9-21-23)17-12-24(11-14-4-2-3-5-16(14)17)20(25)18-8-19(26-22-18)13-6-7-13/h2-5,8-10,13,17H,6-7,11-12H2,1H3/t17-/m0/s1. The Kier molecular flexibility index (Phi) is 3.45. The average molecular weight is 348 g/mol. The molecule has 6 heteroatoms. The Morgan fingerprint density at radius 2 is 2.12 bits per heavy atom. The lowest BCUT2D eigenvalue weighted by Gasteiger charge is -2.34. The van der Waals surface area contributed by atoms with Gasteiger partial charge in [0.15, 0.2) is 5.69 Å². The summed E-state index contributed by atoms with van der Waals surface area (Å²) in [6.45, 7) is 1.21. The van der Waals surface area contributed by atoms with E-state index in [0.29, 0.717) is 24.7 Å². The topological polar surface area (TPSA) is 64.2 Å². The Morgan fingerprint density at radius 3 is 2.88 bits per heavy atom. The number of hydrogen-bond acceptors (Lipinski definition) is 4. The van der Waals surface area contributed by atoms with Crippen LogP contribution in [0.25, 0.3) is 0 Å². The van der Waals surface area contributed by atoms with Gasteiger partial charge >= 0.3 is 0 Å². The fourth-order valence-electron chi connectivity index (χ4n) is 3.78. The first-order valence-electron chi connectivity index (χ1n) is 9.01. The molecule has 2 aliphatic rings. The molecule has 1 fully saturated rings. The fourth-order valence-corrected chi connectivity index (χ4v) is 3.78. The summed E-state index contributed by atoms with van der Waals surface area (Å²) in [7, 11) is 1.91. The van der Waals surface area contributed by atoms with E-state index >= 15 is 0 Å². The summed E-state index contributed by atoms with van der Waals surface area (Å²) in [6, 6.07) is 10.1. The zero-order chi connectivity index (χ0) is 17.7. The van der Waals surface area contributed by atoms with Crippen LogP contribution in [-0.4, -0.2) is 32.3 Å². The number of aryl methyl sites for hydroxylation is 1. The van der Waals surface area contributed by atoms with Crippen LogP contribution in [0.1, 0.15) is 57.6 Å². The van der Waals surface area contributed by atoms with Gasteiger partial charge in [0, 0.05) is 44.2 Å². The predicted molar refractivity (Wildman–Crippen MR) is 94.7 cm³/mol. The lowest BCUT2D eigenvalue weighted by molar-refractivity contribution is 0.0714. The summed E-state index contributed by atoms with van der Waals surface area (Å²) in [5.41, 5.74) is 3.97. The molecule has 26 heavy (non-hydrogen) atoms. The number of rotatable bonds is 3. The van der Waals surface area contributed by atoms with E-state index in [9.17, 15) is 4.79 Å². The van der Waals surface area contributed by atoms with Gasteiger partial charge in [-0.15, -0.1) is 0 Å². The van der Waals surface area contributed by atoms with Gasteiger partial charge in [-0.05, 0) is 29.5 Å². The summed E-state index contributed by atoms with van der Waals surface area (Å²) in [5, 5.41) is 8.34. The molecule has 1 aliphatic heterocycles. The van der Waals surface area contributed by atoms with E-state index in [-0.39, 0.29) is 11.8 Å². The molecule has 3 aromatic rings. The first-order valence-corrected chi connectivity index (χ1v) is 9.01. The Bertz CT molecular complexity index is 970. The van der Waals surface area contributed by atoms with Gasteiger partial charge in [0.25, 0.3) is 5.91 Å². The molecule has 1 aliphatic carbocycles. The molecular weight excluding hydrogens is 328 g/mol. The van der Waals surface area contributed by atoms with Crippen molar-refractivity contribution in [3.63, 3.8) is 0 Å². The molecule has 0 bridgehead atoms. The molecule has 1 saturated carbocycles. The van der Waals surface area contributed by atoms with Gasteiger partial charge in [-0.25, -0.2) is 0 Å². The van der Waals surface area contributed by atoms with Crippen molar-refractivity contribution in [3.05, 3.63) is 70.9 Å². The molecule has 0 saturated heterocycles. The molecular formula is C20H20N4O2. The monoisotopic (exact) mass is 348 g/mol. The zero-order valence-electron chi connectivity index (χ0n) is 14.6. The molecule has 0 spiro atoms. The largest absolute Gasteiger partial charge is 0.360 e. The normalized spacial score (nSPS) is 19.4. The van der Waals surface area contributed by atoms with Crippen molar-refractivity contribution in [2.75, 3.05) is 6.54 Å². The van der Waals surface area contributed by atoms with Crippen LogP contribution in [0.4, 0.5) is 0 Å². The number of benzene rings is 1. The molecule has 0 unspecified atom stereocenters. The molecule has 2 aromatic heterocycles. The van der Waals surface area contributed by atoms with Crippen LogP contribution in [0.3, 0.4) is 0 Å². The minimum Gasteiger partial charge on any atom is -0.360 e. The maximum atomic E-state index is 13.0. The Balaban J connectivity index is 1.47. The van der Waals surface area contributed by atoms with Gasteiger partial charge in [0.1, 0.15) is 5.76 Å². The van der Waals surface area contributed by atoms with E-state index in [2.05, 4.69) is 28.5 Å². The highest BCUT2D eigenvalue weighted by atomic mass is 16.5. The van der Waals surface area contributed by atoms with Gasteiger partial charge in [-0.3, -0.25) is 9.48 Å². The van der Waals surface area contributed by atoms with Crippen molar-refractivity contribution in [1.29, 1.82) is 0 Å². The molecule has 3 heterocycles. The van der Waals surface area contributed by atoms with Crippen molar-refractivity contribution in [3.8, 4) is 0 Å². The van der Waals surface area contributed by atoms with E-state index in [1.165, 1.54) is 11.1 Å². The molecule has 132 valence electrons. The SMILES string of the molecule is Cn1cc([C@@H]2CN(C(=O)c3cc(C4CC4)on3)Cc3ccccc32)cn1. The van der Waals surface area contributed by atoms with Gasteiger partial charge in [0.05, 0.1) is 6.20 Å². The summed E-state index contributed by atoms with van der Waals surface area (Å²) in [6.07, 6.45) is 6.17. The maximum absolute atomic E-state index is 13.0. The van der Waals surface area contributed by atoms with Crippen molar-refractivity contribution in [1.82, 2.24) is 19.8 Å². The van der Waals surface area contributed by atoms with E-state index in [0.717, 1.165) is 24.2 Å². The van der Waals surface area contributed by atoms with E-state index in [1.54, 1.807) is 4.68 Å². The Labute approximate surface area is 151 Å². The number of carbonyl (C=O) groups is 1. The van der Waals surface area contributed by atoms with Crippen LogP contribution < -0.4 is 0 Å². The minimum absolute atomic E-state index is 0.0657. The first-order chi connectivity index (χ1) is 12.7. The molecule has 1 aromatic carbocycles. The number of aromatic nitrogens is 3. The molecule has 0 radical (unpaired) electrons. The predicted octanol–water partition coefficient (Wildman–Crippen LogP) is 3.07. The summed E-state index contributed by atoms with van der Waals surface area (Å²) < 4.78 is 7.18. The second-order valence-electron chi connectivity index (χ2n) is 7.27. The third-order valence-corrected chi connectivity index (χ3v) is 5.34. The second kappa shape index (κ2) is 5.83. The number of fused-ring (bicyclic) bond motifs is 1. The molecule has 0 N–H and O–H groups in total. The maximum Gasteiger partial charge on any atom is 0.276 e. The van der Waals surface area contributed by atoms with Crippen LogP contribution >= 0.6 is 0 Å². The van der Waals surface area contributed by atoms with Crippen LogP contribution in [0.15, 0.2) is 47.2 Å². The van der Waals surface area contributed by atoms with E-state index < -0.39 is 0 Å². The quantitative estimate of drug-likeness (QED) is 0.730. The smallest absolute Gasteiger partial charge is 0.276 e. The second-order valence-corrected chi connectivity index (χ2v) is 7.27. The third kappa shape index (κ3) is 2.62. The number of hydrogen-bond donors (Lipinski definition) is 0. The van der Waals surface area contributed by atoms with Crippen LogP contribution in [-0.2, 0) is 13.6 Å². The highest BCUT2D eigenvalue weighted by Crippen LogP contribution is 2.40. The fraction of sp³-hybridized carbons (Fsp3) is 0.350. The van der Waals surface area contributed by atoms with Gasteiger partial charge in [0.2, 0.25) is 0 Å². The highest BCUT2D eigenvalue weighted by molar-refractivity contribution is 5.92. The third-order valence-electron chi connectivity index (χ3n) is 5.34. The summed E-state index contributed by atoms with van der Waals surface area (Å²) >= 11 is 0. The van der Waals surface area contributed by atoms with Crippen LogP contribution in [0.2, 0.25) is 0 Å². The van der Waals surface area contributed by atoms with Crippen molar-refractivity contribution < 1.29 is 9.32 Å². The minimum atomic E-state index is -0.0657. The lowest BCUT2D eigenvalue weighted by Crippen LogP contribution is -2.38.